The Balaban J connectivity index is 1.72. The van der Waals surface area contributed by atoms with E-state index in [4.69, 9.17) is 11.6 Å². The highest BCUT2D eigenvalue weighted by atomic mass is 35.5. The highest BCUT2D eigenvalue weighted by molar-refractivity contribution is 7.99. The molecule has 2 aromatic heterocycles. The second-order valence-electron chi connectivity index (χ2n) is 4.69. The van der Waals surface area contributed by atoms with E-state index in [9.17, 15) is 9.18 Å². The molecule has 3 aromatic rings. The second-order valence-corrected chi connectivity index (χ2v) is 7.35. The average Bonchev–Trinajstić information content (AvgIpc) is 3.12. The molecule has 0 saturated carbocycles. The molecule has 0 unspecified atom stereocenters. The van der Waals surface area contributed by atoms with Crippen LogP contribution in [0, 0.1) is 5.82 Å². The van der Waals surface area contributed by atoms with E-state index in [1.54, 1.807) is 28.8 Å². The molecule has 0 aliphatic heterocycles. The number of halogens is 2. The van der Waals surface area contributed by atoms with Crippen LogP contribution in [-0.2, 0) is 7.05 Å². The predicted octanol–water partition coefficient (Wildman–Crippen LogP) is 4.31. The summed E-state index contributed by atoms with van der Waals surface area (Å²) in [5.74, 6) is 0.578. The third kappa shape index (κ3) is 3.63. The van der Waals surface area contributed by atoms with Gasteiger partial charge in [-0.05, 0) is 36.4 Å². The minimum Gasteiger partial charge on any atom is -0.305 e. The molecule has 0 amide bonds. The monoisotopic (exact) mass is 367 g/mol. The molecule has 0 aliphatic carbocycles. The van der Waals surface area contributed by atoms with Crippen molar-refractivity contribution < 1.29 is 9.18 Å². The number of carbonyl (C=O) groups excluding carboxylic acids is 1. The van der Waals surface area contributed by atoms with Gasteiger partial charge in [-0.15, -0.1) is 21.5 Å². The van der Waals surface area contributed by atoms with E-state index < -0.39 is 0 Å². The van der Waals surface area contributed by atoms with Crippen LogP contribution in [0.25, 0.3) is 11.4 Å². The number of hydrogen-bond donors (Lipinski definition) is 0. The number of aromatic nitrogens is 3. The summed E-state index contributed by atoms with van der Waals surface area (Å²) in [4.78, 5) is 12.7. The molecule has 0 saturated heterocycles. The van der Waals surface area contributed by atoms with Gasteiger partial charge in [0.15, 0.2) is 16.8 Å². The van der Waals surface area contributed by atoms with Crippen molar-refractivity contribution in [2.45, 2.75) is 5.16 Å². The third-order valence-corrected chi connectivity index (χ3v) is 5.41. The van der Waals surface area contributed by atoms with Gasteiger partial charge in [-0.3, -0.25) is 4.79 Å². The van der Waals surface area contributed by atoms with E-state index in [-0.39, 0.29) is 17.4 Å². The van der Waals surface area contributed by atoms with Crippen molar-refractivity contribution in [2.24, 2.45) is 7.05 Å². The van der Waals surface area contributed by atoms with Gasteiger partial charge >= 0.3 is 0 Å². The van der Waals surface area contributed by atoms with Crippen molar-refractivity contribution in [2.75, 3.05) is 5.75 Å². The summed E-state index contributed by atoms with van der Waals surface area (Å²) in [6.07, 6.45) is 0. The molecule has 3 rings (SSSR count). The maximum absolute atomic E-state index is 13.0. The summed E-state index contributed by atoms with van der Waals surface area (Å²) in [6.45, 7) is 0. The van der Waals surface area contributed by atoms with Crippen LogP contribution in [0.4, 0.5) is 4.39 Å². The Hall–Kier alpha value is -1.70. The first kappa shape index (κ1) is 16.2. The van der Waals surface area contributed by atoms with Gasteiger partial charge in [-0.25, -0.2) is 4.39 Å². The molecule has 4 nitrogen and oxygen atoms in total. The van der Waals surface area contributed by atoms with Gasteiger partial charge in [0.25, 0.3) is 0 Å². The van der Waals surface area contributed by atoms with Crippen LogP contribution in [0.15, 0.2) is 41.6 Å². The Bertz CT molecular complexity index is 845. The lowest BCUT2D eigenvalue weighted by atomic mass is 10.2. The van der Waals surface area contributed by atoms with Crippen molar-refractivity contribution in [3.8, 4) is 11.4 Å². The molecule has 23 heavy (non-hydrogen) atoms. The first-order chi connectivity index (χ1) is 11.0. The summed E-state index contributed by atoms with van der Waals surface area (Å²) in [5, 5.41) is 8.83. The minimum absolute atomic E-state index is 0.00164. The molecule has 1 aromatic carbocycles. The molecule has 0 spiro atoms. The maximum Gasteiger partial charge on any atom is 0.191 e. The van der Waals surface area contributed by atoms with Crippen LogP contribution in [0.2, 0.25) is 4.34 Å². The fourth-order valence-corrected chi connectivity index (χ4v) is 3.82. The molecule has 0 aliphatic rings. The molecule has 118 valence electrons. The number of Topliss-reactive ketones (excluding diaryl/α,β-unsaturated/α-hetero) is 1. The topological polar surface area (TPSA) is 47.8 Å². The molecule has 0 radical (unpaired) electrons. The fraction of sp³-hybridized carbons (Fsp3) is 0.133. The minimum atomic E-state index is -0.300. The van der Waals surface area contributed by atoms with Crippen molar-refractivity contribution in [3.63, 3.8) is 0 Å². The summed E-state index contributed by atoms with van der Waals surface area (Å²) in [7, 11) is 1.81. The SMILES string of the molecule is Cn1c(SCC(=O)c2ccc(Cl)s2)nnc1-c1ccc(F)cc1. The Morgan fingerprint density at radius 1 is 1.26 bits per heavy atom. The maximum atomic E-state index is 13.0. The number of benzene rings is 1. The van der Waals surface area contributed by atoms with Gasteiger partial charge in [0, 0.05) is 12.6 Å². The molecule has 0 bridgehead atoms. The largest absolute Gasteiger partial charge is 0.305 e. The number of ketones is 1. The smallest absolute Gasteiger partial charge is 0.191 e. The number of rotatable bonds is 5. The van der Waals surface area contributed by atoms with E-state index in [0.29, 0.717) is 20.2 Å². The highest BCUT2D eigenvalue weighted by Gasteiger charge is 2.14. The van der Waals surface area contributed by atoms with Crippen LogP contribution in [0.1, 0.15) is 9.67 Å². The van der Waals surface area contributed by atoms with Gasteiger partial charge in [-0.2, -0.15) is 0 Å². The van der Waals surface area contributed by atoms with Gasteiger partial charge in [0.1, 0.15) is 5.82 Å². The zero-order chi connectivity index (χ0) is 16.4. The van der Waals surface area contributed by atoms with Crippen molar-refractivity contribution in [1.29, 1.82) is 0 Å². The lowest BCUT2D eigenvalue weighted by Gasteiger charge is -2.03. The first-order valence-corrected chi connectivity index (χ1v) is 8.79. The molecule has 0 atom stereocenters. The van der Waals surface area contributed by atoms with Crippen LogP contribution < -0.4 is 0 Å². The highest BCUT2D eigenvalue weighted by Crippen LogP contribution is 2.26. The Labute approximate surface area is 145 Å². The van der Waals surface area contributed by atoms with Crippen LogP contribution >= 0.6 is 34.7 Å². The number of nitrogens with zero attached hydrogens (tertiary/aromatic N) is 3. The van der Waals surface area contributed by atoms with E-state index >= 15 is 0 Å². The van der Waals surface area contributed by atoms with E-state index in [0.717, 1.165) is 5.56 Å². The van der Waals surface area contributed by atoms with Gasteiger partial charge in [-0.1, -0.05) is 23.4 Å². The van der Waals surface area contributed by atoms with Gasteiger partial charge in [0.05, 0.1) is 15.0 Å². The lowest BCUT2D eigenvalue weighted by molar-refractivity contribution is 0.102. The fourth-order valence-electron chi connectivity index (χ4n) is 1.96. The first-order valence-electron chi connectivity index (χ1n) is 6.61. The summed E-state index contributed by atoms with van der Waals surface area (Å²) >= 11 is 8.41. The zero-order valence-corrected chi connectivity index (χ0v) is 14.4. The average molecular weight is 368 g/mol. The number of thiophene rings is 1. The van der Waals surface area contributed by atoms with E-state index in [1.807, 2.05) is 7.05 Å². The Morgan fingerprint density at radius 2 is 2.00 bits per heavy atom. The summed E-state index contributed by atoms with van der Waals surface area (Å²) in [6, 6.07) is 9.47. The normalized spacial score (nSPS) is 10.9. The van der Waals surface area contributed by atoms with E-state index in [2.05, 4.69) is 10.2 Å². The molecule has 0 N–H and O–H groups in total. The standard InChI is InChI=1S/C15H11ClFN3OS2/c1-20-14(9-2-4-10(17)5-3-9)18-19-15(20)22-8-11(21)12-6-7-13(16)23-12/h2-7H,8H2,1H3. The summed E-state index contributed by atoms with van der Waals surface area (Å²) < 4.78 is 15.4. The molecular formula is C15H11ClFN3OS2. The predicted molar refractivity (Wildman–Crippen MR) is 90.8 cm³/mol. The molecule has 8 heteroatoms. The van der Waals surface area contributed by atoms with Crippen LogP contribution in [0.3, 0.4) is 0 Å². The van der Waals surface area contributed by atoms with Gasteiger partial charge < -0.3 is 4.57 Å². The Kier molecular flexibility index (Phi) is 4.79. The van der Waals surface area contributed by atoms with Crippen LogP contribution in [0.5, 0.6) is 0 Å². The van der Waals surface area contributed by atoms with E-state index in [1.165, 1.54) is 35.2 Å². The lowest BCUT2D eigenvalue weighted by Crippen LogP contribution is -2.02. The Morgan fingerprint density at radius 3 is 2.65 bits per heavy atom. The zero-order valence-electron chi connectivity index (χ0n) is 12.0. The van der Waals surface area contributed by atoms with Crippen molar-refractivity contribution in [1.82, 2.24) is 14.8 Å². The number of thioether (sulfide) groups is 1. The van der Waals surface area contributed by atoms with Crippen molar-refractivity contribution in [3.05, 3.63) is 51.4 Å². The third-order valence-electron chi connectivity index (χ3n) is 3.12. The number of carbonyl (C=O) groups is 1. The van der Waals surface area contributed by atoms with Crippen molar-refractivity contribution >= 4 is 40.5 Å². The number of hydrogen-bond acceptors (Lipinski definition) is 5. The quantitative estimate of drug-likeness (QED) is 0.498. The summed E-state index contributed by atoms with van der Waals surface area (Å²) in [5.41, 5.74) is 0.768. The molecule has 0 fully saturated rings. The van der Waals surface area contributed by atoms with Gasteiger partial charge in [0.2, 0.25) is 0 Å². The van der Waals surface area contributed by atoms with Crippen LogP contribution in [-0.4, -0.2) is 26.3 Å². The second kappa shape index (κ2) is 6.82. The molecule has 2 heterocycles. The molecular weight excluding hydrogens is 357 g/mol.